The van der Waals surface area contributed by atoms with Gasteiger partial charge in [0.05, 0.1) is 0 Å². The van der Waals surface area contributed by atoms with Crippen LogP contribution in [0.15, 0.2) is 54.6 Å². The molecule has 1 fully saturated rings. The highest BCUT2D eigenvalue weighted by Crippen LogP contribution is 2.17. The summed E-state index contributed by atoms with van der Waals surface area (Å²) in [7, 11) is 0. The third-order valence-electron chi connectivity index (χ3n) is 4.55. The zero-order valence-corrected chi connectivity index (χ0v) is 15.4. The van der Waals surface area contributed by atoms with Gasteiger partial charge in [0.1, 0.15) is 12.6 Å². The van der Waals surface area contributed by atoms with E-state index in [9.17, 15) is 14.4 Å². The number of hydrogen-bond donors (Lipinski definition) is 2. The fraction of sp³-hybridized carbons (Fsp3) is 0.286. The third kappa shape index (κ3) is 4.53. The number of carbonyl (C=O) groups is 3. The molecule has 2 aromatic rings. The number of nitrogens with one attached hydrogen (secondary N) is 2. The summed E-state index contributed by atoms with van der Waals surface area (Å²) in [4.78, 5) is 37.8. The Bertz CT molecular complexity index is 832. The van der Waals surface area contributed by atoms with E-state index in [4.69, 9.17) is 0 Å². The molecule has 1 heterocycles. The van der Waals surface area contributed by atoms with Crippen LogP contribution in [0.5, 0.6) is 0 Å². The zero-order chi connectivity index (χ0) is 19.4. The summed E-state index contributed by atoms with van der Waals surface area (Å²) in [6.07, 6.45) is 0.403. The van der Waals surface area contributed by atoms with Gasteiger partial charge in [-0.25, -0.2) is 4.79 Å². The van der Waals surface area contributed by atoms with E-state index in [1.54, 1.807) is 0 Å². The van der Waals surface area contributed by atoms with Crippen molar-refractivity contribution in [1.82, 2.24) is 10.2 Å². The Labute approximate surface area is 158 Å². The summed E-state index contributed by atoms with van der Waals surface area (Å²) in [6, 6.07) is 15.8. The van der Waals surface area contributed by atoms with Gasteiger partial charge in [-0.15, -0.1) is 0 Å². The van der Waals surface area contributed by atoms with Gasteiger partial charge in [-0.3, -0.25) is 14.5 Å². The van der Waals surface area contributed by atoms with Crippen molar-refractivity contribution >= 4 is 23.5 Å². The van der Waals surface area contributed by atoms with Crippen molar-refractivity contribution in [2.45, 2.75) is 32.2 Å². The molecule has 0 aliphatic carbocycles. The van der Waals surface area contributed by atoms with Crippen molar-refractivity contribution < 1.29 is 14.4 Å². The summed E-state index contributed by atoms with van der Waals surface area (Å²) in [5.74, 6) is -0.382. The molecule has 0 aromatic heterocycles. The van der Waals surface area contributed by atoms with Crippen molar-refractivity contribution in [3.05, 3.63) is 65.7 Å². The molecule has 1 aliphatic heterocycles. The van der Waals surface area contributed by atoms with Crippen molar-refractivity contribution in [2.75, 3.05) is 11.9 Å². The van der Waals surface area contributed by atoms with Gasteiger partial charge in [-0.2, -0.15) is 0 Å². The monoisotopic (exact) mass is 365 g/mol. The van der Waals surface area contributed by atoms with E-state index in [0.717, 1.165) is 10.5 Å². The van der Waals surface area contributed by atoms with Crippen molar-refractivity contribution in [2.24, 2.45) is 0 Å². The van der Waals surface area contributed by atoms with E-state index >= 15 is 0 Å². The van der Waals surface area contributed by atoms with Gasteiger partial charge < -0.3 is 10.6 Å². The molecule has 140 valence electrons. The van der Waals surface area contributed by atoms with E-state index in [1.807, 2.05) is 54.6 Å². The van der Waals surface area contributed by atoms with Crippen LogP contribution in [0.2, 0.25) is 0 Å². The topological polar surface area (TPSA) is 78.5 Å². The molecule has 6 nitrogen and oxygen atoms in total. The molecule has 1 saturated heterocycles. The van der Waals surface area contributed by atoms with Gasteiger partial charge in [-0.05, 0) is 29.2 Å². The summed E-state index contributed by atoms with van der Waals surface area (Å²) in [6.45, 7) is 3.88. The van der Waals surface area contributed by atoms with Crippen LogP contribution in [0.25, 0.3) is 0 Å². The molecule has 3 rings (SSSR count). The van der Waals surface area contributed by atoms with Gasteiger partial charge in [0, 0.05) is 12.1 Å². The maximum absolute atomic E-state index is 12.5. The largest absolute Gasteiger partial charge is 0.325 e. The molecule has 0 bridgehead atoms. The van der Waals surface area contributed by atoms with Crippen LogP contribution in [0.3, 0.4) is 0 Å². The number of rotatable bonds is 6. The van der Waals surface area contributed by atoms with Crippen LogP contribution >= 0.6 is 0 Å². The lowest BCUT2D eigenvalue weighted by molar-refractivity contribution is -0.130. The van der Waals surface area contributed by atoms with Gasteiger partial charge in [0.25, 0.3) is 5.91 Å². The third-order valence-corrected chi connectivity index (χ3v) is 4.55. The number of anilines is 1. The van der Waals surface area contributed by atoms with E-state index in [-0.39, 0.29) is 12.5 Å². The second-order valence-electron chi connectivity index (χ2n) is 6.94. The number of amides is 4. The molecule has 0 spiro atoms. The summed E-state index contributed by atoms with van der Waals surface area (Å²) in [5.41, 5.74) is 2.76. The van der Waals surface area contributed by atoms with E-state index < -0.39 is 18.0 Å². The Morgan fingerprint density at radius 2 is 1.74 bits per heavy atom. The smallest absolute Gasteiger partial charge is 0.325 e. The molecule has 27 heavy (non-hydrogen) atoms. The lowest BCUT2D eigenvalue weighted by atomic mass is 10.0. The standard InChI is InChI=1S/C21H23N3O3/c1-14(2)16-8-10-17(11-9-16)22-19(25)13-24-20(26)18(23-21(24)27)12-15-6-4-3-5-7-15/h3-11,14,18H,12-13H2,1-2H3,(H,22,25)(H,23,27)/t18-/m1/s1. The van der Waals surface area contributed by atoms with Crippen molar-refractivity contribution in [1.29, 1.82) is 0 Å². The minimum Gasteiger partial charge on any atom is -0.325 e. The Hall–Kier alpha value is -3.15. The molecule has 2 N–H and O–H groups in total. The van der Waals surface area contributed by atoms with Crippen LogP contribution in [0.4, 0.5) is 10.5 Å². The lowest BCUT2D eigenvalue weighted by Crippen LogP contribution is -2.38. The Balaban J connectivity index is 1.58. The minimum atomic E-state index is -0.641. The first-order valence-electron chi connectivity index (χ1n) is 8.99. The predicted molar refractivity (Wildman–Crippen MR) is 103 cm³/mol. The molecule has 1 aliphatic rings. The first kappa shape index (κ1) is 18.6. The van der Waals surface area contributed by atoms with E-state index in [1.165, 1.54) is 5.56 Å². The molecule has 6 heteroatoms. The van der Waals surface area contributed by atoms with Crippen molar-refractivity contribution in [3.8, 4) is 0 Å². The predicted octanol–water partition coefficient (Wildman–Crippen LogP) is 2.91. The quantitative estimate of drug-likeness (QED) is 0.773. The van der Waals surface area contributed by atoms with Crippen LogP contribution in [0.1, 0.15) is 30.9 Å². The molecular weight excluding hydrogens is 342 g/mol. The second kappa shape index (κ2) is 8.03. The molecule has 4 amide bonds. The van der Waals surface area contributed by atoms with Crippen molar-refractivity contribution in [3.63, 3.8) is 0 Å². The number of carbonyl (C=O) groups excluding carboxylic acids is 3. The Morgan fingerprint density at radius 1 is 1.07 bits per heavy atom. The highest BCUT2D eigenvalue weighted by molar-refractivity contribution is 6.08. The molecule has 2 aromatic carbocycles. The summed E-state index contributed by atoms with van der Waals surface area (Å²) < 4.78 is 0. The first-order chi connectivity index (χ1) is 12.9. The number of hydrogen-bond acceptors (Lipinski definition) is 3. The van der Waals surface area contributed by atoms with Gasteiger partial charge in [0.15, 0.2) is 0 Å². The van der Waals surface area contributed by atoms with Crippen LogP contribution in [0, 0.1) is 0 Å². The van der Waals surface area contributed by atoms with E-state index in [2.05, 4.69) is 24.5 Å². The molecule has 0 saturated carbocycles. The van der Waals surface area contributed by atoms with Gasteiger partial charge in [0.2, 0.25) is 5.91 Å². The fourth-order valence-electron chi connectivity index (χ4n) is 3.01. The summed E-state index contributed by atoms with van der Waals surface area (Å²) >= 11 is 0. The second-order valence-corrected chi connectivity index (χ2v) is 6.94. The highest BCUT2D eigenvalue weighted by Gasteiger charge is 2.38. The molecule has 0 radical (unpaired) electrons. The maximum atomic E-state index is 12.5. The number of benzene rings is 2. The average molecular weight is 365 g/mol. The first-order valence-corrected chi connectivity index (χ1v) is 8.99. The number of nitrogens with zero attached hydrogens (tertiary/aromatic N) is 1. The number of urea groups is 1. The Morgan fingerprint density at radius 3 is 2.37 bits per heavy atom. The molecule has 1 atom stereocenters. The maximum Gasteiger partial charge on any atom is 0.325 e. The lowest BCUT2D eigenvalue weighted by Gasteiger charge is -2.13. The van der Waals surface area contributed by atoms with Gasteiger partial charge >= 0.3 is 6.03 Å². The zero-order valence-electron chi connectivity index (χ0n) is 15.4. The molecule has 0 unspecified atom stereocenters. The normalized spacial score (nSPS) is 16.6. The SMILES string of the molecule is CC(C)c1ccc(NC(=O)CN2C(=O)N[C@H](Cc3ccccc3)C2=O)cc1. The van der Waals surface area contributed by atoms with Gasteiger partial charge in [-0.1, -0.05) is 56.3 Å². The van der Waals surface area contributed by atoms with Crippen LogP contribution in [-0.4, -0.2) is 35.3 Å². The fourth-order valence-corrected chi connectivity index (χ4v) is 3.01. The minimum absolute atomic E-state index is 0.304. The molecular formula is C21H23N3O3. The number of imide groups is 1. The highest BCUT2D eigenvalue weighted by atomic mass is 16.2. The Kier molecular flexibility index (Phi) is 5.54. The van der Waals surface area contributed by atoms with E-state index in [0.29, 0.717) is 18.0 Å². The van der Waals surface area contributed by atoms with Crippen LogP contribution in [-0.2, 0) is 16.0 Å². The average Bonchev–Trinajstić information content (AvgIpc) is 2.90. The summed E-state index contributed by atoms with van der Waals surface area (Å²) in [5, 5.41) is 5.38. The van der Waals surface area contributed by atoms with Crippen LogP contribution < -0.4 is 10.6 Å².